The van der Waals surface area contributed by atoms with Gasteiger partial charge in [-0.2, -0.15) is 0 Å². The van der Waals surface area contributed by atoms with Crippen molar-refractivity contribution < 1.29 is 0 Å². The molecule has 0 aliphatic rings. The van der Waals surface area contributed by atoms with Crippen LogP contribution in [0.5, 0.6) is 0 Å². The first-order valence-corrected chi connectivity index (χ1v) is 3.83. The molecular weight excluding hydrogens is 150 g/mol. The van der Waals surface area contributed by atoms with E-state index in [0.717, 1.165) is 12.2 Å². The zero-order valence-electron chi connectivity index (χ0n) is 6.57. The van der Waals surface area contributed by atoms with E-state index in [2.05, 4.69) is 15.0 Å². The van der Waals surface area contributed by atoms with Crippen LogP contribution in [0.1, 0.15) is 11.4 Å². The maximum Gasteiger partial charge on any atom is 0.132 e. The highest BCUT2D eigenvalue weighted by Crippen LogP contribution is 2.02. The number of nitrogens with one attached hydrogen (secondary N) is 1. The highest BCUT2D eigenvalue weighted by Gasteiger charge is 1.96. The van der Waals surface area contributed by atoms with Gasteiger partial charge < -0.3 is 4.98 Å². The van der Waals surface area contributed by atoms with E-state index >= 15 is 0 Å². The third-order valence-corrected chi connectivity index (χ3v) is 1.64. The van der Waals surface area contributed by atoms with Crippen molar-refractivity contribution in [3.05, 3.63) is 48.3 Å². The van der Waals surface area contributed by atoms with Gasteiger partial charge in [-0.25, -0.2) is 9.97 Å². The second-order valence-electron chi connectivity index (χ2n) is 2.56. The Hall–Kier alpha value is -1.64. The molecule has 0 spiro atoms. The molecule has 0 radical (unpaired) electrons. The van der Waals surface area contributed by atoms with Gasteiger partial charge in [0.2, 0.25) is 0 Å². The molecular formula is C9H9N3. The van der Waals surface area contributed by atoms with Gasteiger partial charge in [0.15, 0.2) is 0 Å². The third kappa shape index (κ3) is 1.50. The van der Waals surface area contributed by atoms with Crippen LogP contribution in [0.2, 0.25) is 0 Å². The van der Waals surface area contributed by atoms with Crippen molar-refractivity contribution in [2.24, 2.45) is 0 Å². The molecule has 0 aliphatic heterocycles. The third-order valence-electron chi connectivity index (χ3n) is 1.64. The van der Waals surface area contributed by atoms with E-state index in [1.54, 1.807) is 12.4 Å². The van der Waals surface area contributed by atoms with Crippen LogP contribution in [-0.2, 0) is 6.42 Å². The van der Waals surface area contributed by atoms with E-state index in [9.17, 15) is 0 Å². The minimum absolute atomic E-state index is 0.796. The highest BCUT2D eigenvalue weighted by molar-refractivity contribution is 5.13. The van der Waals surface area contributed by atoms with Crippen molar-refractivity contribution in [2.75, 3.05) is 0 Å². The van der Waals surface area contributed by atoms with Gasteiger partial charge in [-0.3, -0.25) is 0 Å². The quantitative estimate of drug-likeness (QED) is 0.719. The Kier molecular flexibility index (Phi) is 1.86. The number of aromatic nitrogens is 3. The first-order chi connectivity index (χ1) is 5.95. The molecule has 12 heavy (non-hydrogen) atoms. The van der Waals surface area contributed by atoms with Crippen LogP contribution in [-0.4, -0.2) is 15.0 Å². The fourth-order valence-corrected chi connectivity index (χ4v) is 1.07. The molecule has 0 fully saturated rings. The molecule has 2 rings (SSSR count). The Morgan fingerprint density at radius 2 is 2.08 bits per heavy atom. The van der Waals surface area contributed by atoms with E-state index in [1.165, 1.54) is 5.56 Å². The lowest BCUT2D eigenvalue weighted by molar-refractivity contribution is 0.969. The second kappa shape index (κ2) is 3.17. The van der Waals surface area contributed by atoms with E-state index in [0.29, 0.717) is 0 Å². The van der Waals surface area contributed by atoms with Gasteiger partial charge in [0, 0.05) is 31.2 Å². The molecule has 2 heterocycles. The lowest BCUT2D eigenvalue weighted by Gasteiger charge is -1.94. The number of hydrogen-bond donors (Lipinski definition) is 1. The van der Waals surface area contributed by atoms with E-state index < -0.39 is 0 Å². The lowest BCUT2D eigenvalue weighted by atomic mass is 10.2. The fraction of sp³-hybridized carbons (Fsp3) is 0.111. The van der Waals surface area contributed by atoms with Gasteiger partial charge >= 0.3 is 0 Å². The summed E-state index contributed by atoms with van der Waals surface area (Å²) >= 11 is 0. The highest BCUT2D eigenvalue weighted by atomic mass is 14.8. The number of nitrogens with zero attached hydrogens (tertiary/aromatic N) is 2. The zero-order chi connectivity index (χ0) is 8.23. The average molecular weight is 159 g/mol. The smallest absolute Gasteiger partial charge is 0.132 e. The topological polar surface area (TPSA) is 41.6 Å². The number of rotatable bonds is 2. The van der Waals surface area contributed by atoms with Gasteiger partial charge in [-0.1, -0.05) is 0 Å². The van der Waals surface area contributed by atoms with Gasteiger partial charge in [-0.15, -0.1) is 0 Å². The van der Waals surface area contributed by atoms with Crippen LogP contribution < -0.4 is 0 Å². The molecule has 0 amide bonds. The van der Waals surface area contributed by atoms with Crippen molar-refractivity contribution in [1.29, 1.82) is 0 Å². The van der Waals surface area contributed by atoms with Crippen molar-refractivity contribution in [1.82, 2.24) is 15.0 Å². The molecule has 0 saturated carbocycles. The fourth-order valence-electron chi connectivity index (χ4n) is 1.07. The Labute approximate surface area is 70.5 Å². The number of aromatic amines is 1. The predicted molar refractivity (Wildman–Crippen MR) is 45.6 cm³/mol. The monoisotopic (exact) mass is 159 g/mol. The summed E-state index contributed by atoms with van der Waals surface area (Å²) in [6.45, 7) is 0. The van der Waals surface area contributed by atoms with Crippen LogP contribution in [0.15, 0.2) is 36.9 Å². The summed E-state index contributed by atoms with van der Waals surface area (Å²) in [4.78, 5) is 11.3. The maximum atomic E-state index is 4.13. The Morgan fingerprint density at radius 3 is 2.75 bits per heavy atom. The van der Waals surface area contributed by atoms with Crippen LogP contribution >= 0.6 is 0 Å². The first-order valence-electron chi connectivity index (χ1n) is 3.83. The SMILES string of the molecule is c1cnc(Cc2cc[nH]c2)nc1. The van der Waals surface area contributed by atoms with E-state index in [4.69, 9.17) is 0 Å². The molecule has 1 N–H and O–H groups in total. The molecule has 0 saturated heterocycles. The lowest BCUT2D eigenvalue weighted by Crippen LogP contribution is -1.92. The molecule has 2 aromatic heterocycles. The predicted octanol–water partition coefficient (Wildman–Crippen LogP) is 1.40. The molecule has 2 aromatic rings. The molecule has 0 bridgehead atoms. The molecule has 3 nitrogen and oxygen atoms in total. The molecule has 60 valence electrons. The number of H-pyrrole nitrogens is 1. The molecule has 0 unspecified atom stereocenters. The standard InChI is InChI=1S/C9H9N3/c1-3-11-9(12-4-1)6-8-2-5-10-7-8/h1-5,7,10H,6H2. The minimum atomic E-state index is 0.796. The summed E-state index contributed by atoms with van der Waals surface area (Å²) in [6.07, 6.45) is 8.17. The summed E-state index contributed by atoms with van der Waals surface area (Å²) in [7, 11) is 0. The van der Waals surface area contributed by atoms with Gasteiger partial charge in [0.25, 0.3) is 0 Å². The summed E-state index contributed by atoms with van der Waals surface area (Å²) in [5.74, 6) is 0.858. The Morgan fingerprint density at radius 1 is 1.25 bits per heavy atom. The summed E-state index contributed by atoms with van der Waals surface area (Å²) in [6, 6.07) is 3.84. The molecule has 0 aromatic carbocycles. The van der Waals surface area contributed by atoms with Gasteiger partial charge in [0.1, 0.15) is 5.82 Å². The first kappa shape index (κ1) is 7.03. The number of hydrogen-bond acceptors (Lipinski definition) is 2. The van der Waals surface area contributed by atoms with Crippen molar-refractivity contribution in [3.8, 4) is 0 Å². The minimum Gasteiger partial charge on any atom is -0.367 e. The van der Waals surface area contributed by atoms with Gasteiger partial charge in [0.05, 0.1) is 0 Å². The summed E-state index contributed by atoms with van der Waals surface area (Å²) in [5.41, 5.74) is 1.21. The van der Waals surface area contributed by atoms with Crippen molar-refractivity contribution in [3.63, 3.8) is 0 Å². The van der Waals surface area contributed by atoms with Crippen LogP contribution in [0.25, 0.3) is 0 Å². The normalized spacial score (nSPS) is 10.0. The average Bonchev–Trinajstić information content (AvgIpc) is 2.59. The summed E-state index contributed by atoms with van der Waals surface area (Å²) in [5, 5.41) is 0. The van der Waals surface area contributed by atoms with Crippen LogP contribution in [0.3, 0.4) is 0 Å². The van der Waals surface area contributed by atoms with Crippen molar-refractivity contribution in [2.45, 2.75) is 6.42 Å². The molecule has 3 heteroatoms. The van der Waals surface area contributed by atoms with Crippen molar-refractivity contribution >= 4 is 0 Å². The van der Waals surface area contributed by atoms with Gasteiger partial charge in [-0.05, 0) is 17.7 Å². The molecule has 0 aliphatic carbocycles. The Balaban J connectivity index is 2.15. The largest absolute Gasteiger partial charge is 0.367 e. The Bertz CT molecular complexity index is 326. The summed E-state index contributed by atoms with van der Waals surface area (Å²) < 4.78 is 0. The zero-order valence-corrected chi connectivity index (χ0v) is 6.57. The molecule has 0 atom stereocenters. The maximum absolute atomic E-state index is 4.13. The van der Waals surface area contributed by atoms with Crippen LogP contribution in [0, 0.1) is 0 Å². The van der Waals surface area contributed by atoms with Crippen LogP contribution in [0.4, 0.5) is 0 Å². The van der Waals surface area contributed by atoms with E-state index in [1.807, 2.05) is 24.5 Å². The second-order valence-corrected chi connectivity index (χ2v) is 2.56. The van der Waals surface area contributed by atoms with E-state index in [-0.39, 0.29) is 0 Å².